The zero-order valence-electron chi connectivity index (χ0n) is 18.2. The zero-order chi connectivity index (χ0) is 26.9. The van der Waals surface area contributed by atoms with Crippen LogP contribution in [0.5, 0.6) is 11.5 Å². The van der Waals surface area contributed by atoms with Gasteiger partial charge in [0.25, 0.3) is 17.5 Å². The predicted octanol–water partition coefficient (Wildman–Crippen LogP) is 5.27. The van der Waals surface area contributed by atoms with Gasteiger partial charge in [0, 0.05) is 21.7 Å². The summed E-state index contributed by atoms with van der Waals surface area (Å²) in [6, 6.07) is 11.7. The van der Waals surface area contributed by atoms with Gasteiger partial charge in [-0.25, -0.2) is 9.69 Å². The highest BCUT2D eigenvalue weighted by Crippen LogP contribution is 2.37. The van der Waals surface area contributed by atoms with Crippen molar-refractivity contribution in [3.63, 3.8) is 0 Å². The Morgan fingerprint density at radius 1 is 0.865 bits per heavy atom. The van der Waals surface area contributed by atoms with E-state index in [1.165, 1.54) is 42.5 Å². The summed E-state index contributed by atoms with van der Waals surface area (Å²) in [5.74, 6) is -2.38. The quantitative estimate of drug-likeness (QED) is 0.190. The van der Waals surface area contributed by atoms with Gasteiger partial charge in [0.2, 0.25) is 5.75 Å². The van der Waals surface area contributed by atoms with Crippen molar-refractivity contribution in [1.82, 2.24) is 5.32 Å². The molecule has 1 fully saturated rings. The molecule has 1 N–H and O–H groups in total. The van der Waals surface area contributed by atoms with E-state index in [4.69, 9.17) is 27.9 Å². The van der Waals surface area contributed by atoms with Crippen LogP contribution in [0.1, 0.15) is 5.56 Å². The number of anilines is 1. The van der Waals surface area contributed by atoms with Crippen LogP contribution in [-0.2, 0) is 9.59 Å². The monoisotopic (exact) mass is 542 g/mol. The molecule has 0 aromatic heterocycles. The maximum absolute atomic E-state index is 13.2. The molecule has 1 aliphatic heterocycles. The Labute approximate surface area is 216 Å². The van der Waals surface area contributed by atoms with Gasteiger partial charge in [-0.05, 0) is 48.5 Å². The van der Waals surface area contributed by atoms with Crippen LogP contribution in [0.15, 0.2) is 66.2 Å². The second-order valence-corrected chi connectivity index (χ2v) is 8.26. The number of halogens is 2. The fourth-order valence-electron chi connectivity index (χ4n) is 3.35. The summed E-state index contributed by atoms with van der Waals surface area (Å²) in [5.41, 5.74) is -1.51. The number of amides is 4. The Morgan fingerprint density at radius 2 is 1.57 bits per heavy atom. The van der Waals surface area contributed by atoms with Gasteiger partial charge < -0.3 is 4.74 Å². The number of nitro benzene ring substituents is 2. The largest absolute Gasteiger partial charge is 0.449 e. The van der Waals surface area contributed by atoms with Gasteiger partial charge in [-0.1, -0.05) is 29.3 Å². The lowest BCUT2D eigenvalue weighted by atomic mass is 10.1. The summed E-state index contributed by atoms with van der Waals surface area (Å²) in [5, 5.41) is 25.0. The molecule has 1 heterocycles. The zero-order valence-corrected chi connectivity index (χ0v) is 19.7. The lowest BCUT2D eigenvalue weighted by Crippen LogP contribution is -2.54. The minimum absolute atomic E-state index is 0.0547. The number of barbiturate groups is 1. The summed E-state index contributed by atoms with van der Waals surface area (Å²) < 4.78 is 5.64. The molecule has 0 saturated carbocycles. The van der Waals surface area contributed by atoms with Gasteiger partial charge in [0.1, 0.15) is 11.3 Å². The van der Waals surface area contributed by atoms with Gasteiger partial charge in [-0.15, -0.1) is 0 Å². The maximum atomic E-state index is 13.2. The molecule has 12 nitrogen and oxygen atoms in total. The van der Waals surface area contributed by atoms with Gasteiger partial charge in [-0.3, -0.25) is 35.1 Å². The second kappa shape index (κ2) is 10.0. The van der Waals surface area contributed by atoms with Crippen LogP contribution in [0.25, 0.3) is 6.08 Å². The van der Waals surface area contributed by atoms with Crippen LogP contribution in [0.4, 0.5) is 21.9 Å². The number of imide groups is 2. The van der Waals surface area contributed by atoms with Crippen molar-refractivity contribution >= 4 is 64.2 Å². The van der Waals surface area contributed by atoms with Crippen LogP contribution in [0.2, 0.25) is 10.0 Å². The van der Waals surface area contributed by atoms with Gasteiger partial charge in [0.15, 0.2) is 0 Å². The van der Waals surface area contributed by atoms with Crippen LogP contribution >= 0.6 is 23.2 Å². The fraction of sp³-hybridized carbons (Fsp3) is 0. The first-order chi connectivity index (χ1) is 17.5. The summed E-state index contributed by atoms with van der Waals surface area (Å²) in [6.45, 7) is 0. The standard InChI is InChI=1S/C23H12Cl2N4O8/c24-13-2-1-3-15(10-13)27-22(31)17(21(30)26-23(27)32)9-12-8-14(25)4-6-19(12)37-20-7-5-16(28(33)34)11-18(20)29(35)36/h1-11H,(H,26,30,32)/b17-9+. The van der Waals surface area contributed by atoms with Crippen molar-refractivity contribution in [3.8, 4) is 11.5 Å². The van der Waals surface area contributed by atoms with E-state index in [0.29, 0.717) is 4.90 Å². The number of nitrogens with one attached hydrogen (secondary N) is 1. The molecule has 1 saturated heterocycles. The van der Waals surface area contributed by atoms with E-state index < -0.39 is 44.6 Å². The molecule has 0 unspecified atom stereocenters. The van der Waals surface area contributed by atoms with Gasteiger partial charge in [-0.2, -0.15) is 0 Å². The Morgan fingerprint density at radius 3 is 2.24 bits per heavy atom. The number of ether oxygens (including phenoxy) is 1. The molecule has 14 heteroatoms. The van der Waals surface area contributed by atoms with E-state index in [9.17, 15) is 34.6 Å². The number of benzene rings is 3. The number of urea groups is 1. The molecule has 0 atom stereocenters. The summed E-state index contributed by atoms with van der Waals surface area (Å²) >= 11 is 12.0. The first-order valence-corrected chi connectivity index (χ1v) is 10.9. The second-order valence-electron chi connectivity index (χ2n) is 7.39. The lowest BCUT2D eigenvalue weighted by molar-refractivity contribution is -0.394. The number of rotatable bonds is 6. The molecule has 186 valence electrons. The normalized spacial score (nSPS) is 14.5. The first kappa shape index (κ1) is 25.3. The van der Waals surface area contributed by atoms with E-state index in [1.54, 1.807) is 0 Å². The molecule has 1 aliphatic rings. The molecule has 0 radical (unpaired) electrons. The molecular formula is C23H12Cl2N4O8. The minimum Gasteiger partial charge on any atom is -0.449 e. The van der Waals surface area contributed by atoms with Gasteiger partial charge in [0.05, 0.1) is 21.6 Å². The smallest absolute Gasteiger partial charge is 0.335 e. The Hall–Kier alpha value is -4.81. The first-order valence-electron chi connectivity index (χ1n) is 10.1. The molecule has 3 aromatic rings. The molecule has 0 bridgehead atoms. The number of carbonyl (C=O) groups is 3. The highest BCUT2D eigenvalue weighted by atomic mass is 35.5. The number of nitrogens with zero attached hydrogens (tertiary/aromatic N) is 3. The van der Waals surface area contributed by atoms with Crippen molar-refractivity contribution in [3.05, 3.63) is 102 Å². The lowest BCUT2D eigenvalue weighted by Gasteiger charge is -2.26. The van der Waals surface area contributed by atoms with E-state index in [2.05, 4.69) is 5.32 Å². The minimum atomic E-state index is -1.000. The Kier molecular flexibility index (Phi) is 6.87. The SMILES string of the molecule is O=C1NC(=O)N(c2cccc(Cl)c2)C(=O)/C1=C/c1cc(Cl)ccc1Oc1ccc([N+](=O)[O-])cc1[N+](=O)[O-]. The van der Waals surface area contributed by atoms with Crippen LogP contribution in [0.3, 0.4) is 0 Å². The molecule has 0 spiro atoms. The topological polar surface area (TPSA) is 162 Å². The van der Waals surface area contributed by atoms with Crippen molar-refractivity contribution in [2.24, 2.45) is 0 Å². The van der Waals surface area contributed by atoms with Crippen molar-refractivity contribution in [2.75, 3.05) is 4.90 Å². The summed E-state index contributed by atoms with van der Waals surface area (Å²) in [6.07, 6.45) is 1.10. The van der Waals surface area contributed by atoms with Crippen LogP contribution in [-0.4, -0.2) is 27.7 Å². The van der Waals surface area contributed by atoms with E-state index in [-0.39, 0.29) is 32.8 Å². The summed E-state index contributed by atoms with van der Waals surface area (Å²) in [4.78, 5) is 59.7. The Balaban J connectivity index is 1.77. The van der Waals surface area contributed by atoms with E-state index in [0.717, 1.165) is 24.3 Å². The van der Waals surface area contributed by atoms with E-state index in [1.807, 2.05) is 0 Å². The number of hydrogen-bond acceptors (Lipinski definition) is 8. The third-order valence-electron chi connectivity index (χ3n) is 5.01. The van der Waals surface area contributed by atoms with Gasteiger partial charge >= 0.3 is 11.7 Å². The number of hydrogen-bond donors (Lipinski definition) is 1. The van der Waals surface area contributed by atoms with Crippen molar-refractivity contribution in [1.29, 1.82) is 0 Å². The van der Waals surface area contributed by atoms with Crippen LogP contribution in [0, 0.1) is 20.2 Å². The molecule has 0 aliphatic carbocycles. The third kappa shape index (κ3) is 5.24. The maximum Gasteiger partial charge on any atom is 0.335 e. The van der Waals surface area contributed by atoms with E-state index >= 15 is 0 Å². The van der Waals surface area contributed by atoms with Crippen molar-refractivity contribution in [2.45, 2.75) is 0 Å². The highest BCUT2D eigenvalue weighted by Gasteiger charge is 2.37. The molecular weight excluding hydrogens is 531 g/mol. The number of non-ortho nitro benzene ring substituents is 1. The molecule has 4 amide bonds. The average Bonchev–Trinajstić information content (AvgIpc) is 2.83. The predicted molar refractivity (Wildman–Crippen MR) is 132 cm³/mol. The number of nitro groups is 2. The fourth-order valence-corrected chi connectivity index (χ4v) is 3.72. The van der Waals surface area contributed by atoms with Crippen LogP contribution < -0.4 is 15.0 Å². The average molecular weight is 543 g/mol. The molecule has 4 rings (SSSR count). The number of carbonyl (C=O) groups excluding carboxylic acids is 3. The third-order valence-corrected chi connectivity index (χ3v) is 5.48. The Bertz CT molecular complexity index is 1540. The summed E-state index contributed by atoms with van der Waals surface area (Å²) in [7, 11) is 0. The molecule has 3 aromatic carbocycles. The van der Waals surface area contributed by atoms with Crippen molar-refractivity contribution < 1.29 is 29.0 Å². The molecule has 37 heavy (non-hydrogen) atoms. The highest BCUT2D eigenvalue weighted by molar-refractivity contribution is 6.39.